The van der Waals surface area contributed by atoms with Crippen molar-refractivity contribution in [1.29, 1.82) is 0 Å². The fourth-order valence-electron chi connectivity index (χ4n) is 2.68. The molecule has 0 aliphatic carbocycles. The number of tetrazole rings is 1. The average molecular weight is 351 g/mol. The number of aromatic nitrogens is 4. The van der Waals surface area contributed by atoms with Gasteiger partial charge in [0.25, 0.3) is 0 Å². The number of nitrogens with zero attached hydrogens (tertiary/aromatic N) is 4. The number of carbonyl (C=O) groups excluding carboxylic acids is 1. The van der Waals surface area contributed by atoms with Crippen molar-refractivity contribution in [1.82, 2.24) is 25.5 Å². The van der Waals surface area contributed by atoms with Gasteiger partial charge in [0, 0.05) is 6.54 Å². The molecule has 0 fully saturated rings. The summed E-state index contributed by atoms with van der Waals surface area (Å²) in [5.74, 6) is 0.205. The monoisotopic (exact) mass is 351 g/mol. The molecule has 3 aromatic rings. The first-order valence-electron chi connectivity index (χ1n) is 8.52. The van der Waals surface area contributed by atoms with Gasteiger partial charge in [-0.15, -0.1) is 5.10 Å². The largest absolute Gasteiger partial charge is 0.465 e. The molecular formula is C19H21N5O2. The van der Waals surface area contributed by atoms with Crippen LogP contribution in [-0.2, 0) is 22.6 Å². The maximum absolute atomic E-state index is 11.8. The van der Waals surface area contributed by atoms with E-state index in [0.29, 0.717) is 19.0 Å². The van der Waals surface area contributed by atoms with E-state index in [0.717, 1.165) is 11.1 Å². The molecule has 0 saturated carbocycles. The van der Waals surface area contributed by atoms with E-state index in [1.54, 1.807) is 6.92 Å². The van der Waals surface area contributed by atoms with E-state index in [1.807, 2.05) is 48.5 Å². The van der Waals surface area contributed by atoms with Crippen LogP contribution in [0.15, 0.2) is 60.7 Å². The lowest BCUT2D eigenvalue weighted by atomic mass is 10.1. The van der Waals surface area contributed by atoms with E-state index < -0.39 is 0 Å². The number of benzene rings is 2. The van der Waals surface area contributed by atoms with Crippen molar-refractivity contribution < 1.29 is 9.53 Å². The van der Waals surface area contributed by atoms with Gasteiger partial charge in [0.15, 0.2) is 5.82 Å². The van der Waals surface area contributed by atoms with Crippen LogP contribution in [-0.4, -0.2) is 32.8 Å². The molecule has 0 spiro atoms. The summed E-state index contributed by atoms with van der Waals surface area (Å²) in [7, 11) is 0. The Hall–Kier alpha value is -3.06. The van der Waals surface area contributed by atoms with E-state index in [9.17, 15) is 4.79 Å². The van der Waals surface area contributed by atoms with Crippen molar-refractivity contribution in [3.8, 4) is 0 Å². The Morgan fingerprint density at radius 3 is 2.50 bits per heavy atom. The van der Waals surface area contributed by atoms with Gasteiger partial charge in [-0.25, -0.2) is 4.68 Å². The Morgan fingerprint density at radius 1 is 1.12 bits per heavy atom. The van der Waals surface area contributed by atoms with Crippen molar-refractivity contribution in [3.05, 3.63) is 77.6 Å². The number of hydrogen-bond acceptors (Lipinski definition) is 6. The van der Waals surface area contributed by atoms with Gasteiger partial charge < -0.3 is 4.74 Å². The van der Waals surface area contributed by atoms with Crippen LogP contribution in [0.1, 0.15) is 29.9 Å². The standard InChI is InChI=1S/C19H21N5O2/c1-2-26-17(25)14-24-19(21-22-23-24)18(16-11-7-4-8-12-16)20-13-15-9-5-3-6-10-15/h3-12,18,20H,2,13-14H2,1H3. The van der Waals surface area contributed by atoms with Gasteiger partial charge >= 0.3 is 5.97 Å². The summed E-state index contributed by atoms with van der Waals surface area (Å²) in [4.78, 5) is 11.8. The fraction of sp³-hybridized carbons (Fsp3) is 0.263. The van der Waals surface area contributed by atoms with Crippen molar-refractivity contribution in [2.75, 3.05) is 6.61 Å². The van der Waals surface area contributed by atoms with Gasteiger partial charge in [0.1, 0.15) is 6.54 Å². The molecule has 0 amide bonds. The van der Waals surface area contributed by atoms with E-state index in [1.165, 1.54) is 4.68 Å². The third-order valence-electron chi connectivity index (χ3n) is 3.89. The van der Waals surface area contributed by atoms with Gasteiger partial charge in [-0.05, 0) is 28.5 Å². The number of hydrogen-bond donors (Lipinski definition) is 1. The Bertz CT molecular complexity index is 820. The van der Waals surface area contributed by atoms with Crippen LogP contribution in [0.2, 0.25) is 0 Å². The zero-order valence-corrected chi connectivity index (χ0v) is 14.6. The molecule has 1 heterocycles. The number of ether oxygens (including phenoxy) is 1. The number of nitrogens with one attached hydrogen (secondary N) is 1. The van der Waals surface area contributed by atoms with Crippen molar-refractivity contribution >= 4 is 5.97 Å². The maximum Gasteiger partial charge on any atom is 0.327 e. The zero-order valence-electron chi connectivity index (χ0n) is 14.6. The minimum absolute atomic E-state index is 0.0213. The second-order valence-electron chi connectivity index (χ2n) is 5.71. The van der Waals surface area contributed by atoms with Gasteiger partial charge in [0.05, 0.1) is 12.6 Å². The van der Waals surface area contributed by atoms with Gasteiger partial charge in [-0.2, -0.15) is 0 Å². The molecule has 1 atom stereocenters. The molecule has 1 N–H and O–H groups in total. The van der Waals surface area contributed by atoms with Crippen LogP contribution in [0.25, 0.3) is 0 Å². The summed E-state index contributed by atoms with van der Waals surface area (Å²) in [5.41, 5.74) is 2.17. The molecule has 2 aromatic carbocycles. The van der Waals surface area contributed by atoms with Crippen LogP contribution < -0.4 is 5.32 Å². The fourth-order valence-corrected chi connectivity index (χ4v) is 2.68. The van der Waals surface area contributed by atoms with Gasteiger partial charge in [-0.1, -0.05) is 60.7 Å². The molecule has 1 unspecified atom stereocenters. The number of rotatable bonds is 8. The van der Waals surface area contributed by atoms with E-state index in [-0.39, 0.29) is 18.6 Å². The zero-order chi connectivity index (χ0) is 18.2. The summed E-state index contributed by atoms with van der Waals surface area (Å²) in [6.07, 6.45) is 0. The van der Waals surface area contributed by atoms with Crippen LogP contribution in [0.5, 0.6) is 0 Å². The lowest BCUT2D eigenvalue weighted by molar-refractivity contribution is -0.144. The van der Waals surface area contributed by atoms with E-state index >= 15 is 0 Å². The molecule has 0 radical (unpaired) electrons. The third-order valence-corrected chi connectivity index (χ3v) is 3.89. The highest BCUT2D eigenvalue weighted by Gasteiger charge is 2.22. The Labute approximate surface area is 152 Å². The molecule has 7 nitrogen and oxygen atoms in total. The average Bonchev–Trinajstić information content (AvgIpc) is 3.12. The topological polar surface area (TPSA) is 81.9 Å². The lowest BCUT2D eigenvalue weighted by Gasteiger charge is -2.18. The van der Waals surface area contributed by atoms with Crippen LogP contribution in [0.3, 0.4) is 0 Å². The predicted octanol–water partition coefficient (Wildman–Crippen LogP) is 2.12. The summed E-state index contributed by atoms with van der Waals surface area (Å²) < 4.78 is 6.49. The minimum atomic E-state index is -0.365. The first kappa shape index (κ1) is 17.8. The molecule has 0 aliphatic heterocycles. The predicted molar refractivity (Wildman–Crippen MR) is 96.0 cm³/mol. The lowest BCUT2D eigenvalue weighted by Crippen LogP contribution is -2.27. The second kappa shape index (κ2) is 8.87. The number of esters is 1. The molecule has 0 bridgehead atoms. The van der Waals surface area contributed by atoms with E-state index in [2.05, 4.69) is 33.0 Å². The minimum Gasteiger partial charge on any atom is -0.465 e. The Balaban J connectivity index is 1.84. The summed E-state index contributed by atoms with van der Waals surface area (Å²) in [6, 6.07) is 19.7. The highest BCUT2D eigenvalue weighted by atomic mass is 16.5. The molecule has 26 heavy (non-hydrogen) atoms. The highest BCUT2D eigenvalue weighted by molar-refractivity contribution is 5.69. The summed E-state index contributed by atoms with van der Waals surface area (Å²) >= 11 is 0. The van der Waals surface area contributed by atoms with Crippen molar-refractivity contribution in [3.63, 3.8) is 0 Å². The van der Waals surface area contributed by atoms with Crippen LogP contribution >= 0.6 is 0 Å². The van der Waals surface area contributed by atoms with Crippen molar-refractivity contribution in [2.24, 2.45) is 0 Å². The normalized spacial score (nSPS) is 11.9. The quantitative estimate of drug-likeness (QED) is 0.626. The first-order valence-corrected chi connectivity index (χ1v) is 8.52. The maximum atomic E-state index is 11.8. The van der Waals surface area contributed by atoms with Crippen molar-refractivity contribution in [2.45, 2.75) is 26.1 Å². The molecule has 7 heteroatoms. The second-order valence-corrected chi connectivity index (χ2v) is 5.71. The molecule has 134 valence electrons. The summed E-state index contributed by atoms with van der Waals surface area (Å²) in [6.45, 7) is 2.72. The van der Waals surface area contributed by atoms with E-state index in [4.69, 9.17) is 4.74 Å². The Morgan fingerprint density at radius 2 is 1.81 bits per heavy atom. The summed E-state index contributed by atoms with van der Waals surface area (Å²) in [5, 5.41) is 15.3. The Kier molecular flexibility index (Phi) is 6.05. The smallest absolute Gasteiger partial charge is 0.327 e. The van der Waals surface area contributed by atoms with Crippen LogP contribution in [0.4, 0.5) is 0 Å². The third kappa shape index (κ3) is 4.52. The molecule has 3 rings (SSSR count). The van der Waals surface area contributed by atoms with Gasteiger partial charge in [-0.3, -0.25) is 10.1 Å². The molecule has 0 aliphatic rings. The van der Waals surface area contributed by atoms with Crippen LogP contribution in [0, 0.1) is 0 Å². The highest BCUT2D eigenvalue weighted by Crippen LogP contribution is 2.20. The molecular weight excluding hydrogens is 330 g/mol. The first-order chi connectivity index (χ1) is 12.8. The SMILES string of the molecule is CCOC(=O)Cn1nnnc1C(NCc1ccccc1)c1ccccc1. The van der Waals surface area contributed by atoms with Gasteiger partial charge in [0.2, 0.25) is 0 Å². The molecule has 1 aromatic heterocycles. The number of carbonyl (C=O) groups is 1. The molecule has 0 saturated heterocycles.